The zero-order valence-electron chi connectivity index (χ0n) is 17.8. The molecule has 0 fully saturated rings. The van der Waals surface area contributed by atoms with Crippen LogP contribution >= 0.6 is 0 Å². The van der Waals surface area contributed by atoms with Crippen molar-refractivity contribution < 1.29 is 4.21 Å². The number of rotatable bonds is 7. The van der Waals surface area contributed by atoms with Gasteiger partial charge in [0.25, 0.3) is 0 Å². The van der Waals surface area contributed by atoms with Gasteiger partial charge in [0, 0.05) is 17.0 Å². The van der Waals surface area contributed by atoms with Gasteiger partial charge < -0.3 is 4.57 Å². The average molecular weight is 411 g/mol. The molecule has 2 atom stereocenters. The number of hydrogen-bond acceptors (Lipinski definition) is 3. The number of nitrogens with zero attached hydrogens (tertiary/aromatic N) is 3. The van der Waals surface area contributed by atoms with Crippen molar-refractivity contribution in [2.24, 2.45) is 5.14 Å². The highest BCUT2D eigenvalue weighted by atomic mass is 32.2. The zero-order chi connectivity index (χ0) is 21.2. The summed E-state index contributed by atoms with van der Waals surface area (Å²) in [6.07, 6.45) is 1.61. The molecule has 0 bridgehead atoms. The molecule has 3 aromatic rings. The van der Waals surface area contributed by atoms with Crippen molar-refractivity contribution in [3.8, 4) is 17.1 Å². The van der Waals surface area contributed by atoms with Crippen LogP contribution in [0.3, 0.4) is 0 Å². The number of aromatic nitrogens is 3. The van der Waals surface area contributed by atoms with E-state index in [1.165, 1.54) is 0 Å². The minimum absolute atomic E-state index is 0.165. The summed E-state index contributed by atoms with van der Waals surface area (Å²) in [6.45, 7) is 10.2. The lowest BCUT2D eigenvalue weighted by Crippen LogP contribution is -2.33. The van der Waals surface area contributed by atoms with Crippen LogP contribution in [-0.4, -0.2) is 23.7 Å². The van der Waals surface area contributed by atoms with Crippen LogP contribution in [-0.2, 0) is 11.0 Å². The predicted octanol–water partition coefficient (Wildman–Crippen LogP) is 4.84. The van der Waals surface area contributed by atoms with Gasteiger partial charge in [-0.25, -0.2) is 4.21 Å². The topological polar surface area (TPSA) is 73.8 Å². The summed E-state index contributed by atoms with van der Waals surface area (Å²) in [5.41, 5.74) is 5.27. The molecule has 0 saturated carbocycles. The Bertz CT molecular complexity index is 991. The highest BCUT2D eigenvalue weighted by Gasteiger charge is 2.30. The third-order valence-corrected chi connectivity index (χ3v) is 6.83. The first kappa shape index (κ1) is 21.4. The smallest absolute Gasteiger partial charge is 0.160 e. The summed E-state index contributed by atoms with van der Waals surface area (Å²) >= 11 is 0. The Morgan fingerprint density at radius 2 is 1.69 bits per heavy atom. The Morgan fingerprint density at radius 3 is 2.24 bits per heavy atom. The van der Waals surface area contributed by atoms with Gasteiger partial charge in [0.2, 0.25) is 0 Å². The SMILES string of the molecule is CC[C@@H](CC(C)(C)S(N)=O)c1cc(-n2c(C)ccc2C)nnc1-c1ccccc1. The molecule has 0 aliphatic rings. The molecule has 0 aliphatic heterocycles. The second-order valence-electron chi connectivity index (χ2n) is 8.19. The van der Waals surface area contributed by atoms with Gasteiger partial charge in [0.1, 0.15) is 0 Å². The minimum Gasteiger partial charge on any atom is -0.302 e. The first-order chi connectivity index (χ1) is 13.7. The maximum atomic E-state index is 12.1. The van der Waals surface area contributed by atoms with Crippen LogP contribution in [0.5, 0.6) is 0 Å². The molecule has 3 rings (SSSR count). The van der Waals surface area contributed by atoms with Crippen molar-refractivity contribution in [3.63, 3.8) is 0 Å². The van der Waals surface area contributed by atoms with E-state index >= 15 is 0 Å². The molecule has 2 aromatic heterocycles. The van der Waals surface area contributed by atoms with Gasteiger partial charge in [-0.05, 0) is 70.2 Å². The van der Waals surface area contributed by atoms with E-state index in [1.807, 2.05) is 32.0 Å². The molecule has 0 spiro atoms. The molecule has 6 heteroatoms. The third-order valence-electron chi connectivity index (χ3n) is 5.57. The van der Waals surface area contributed by atoms with E-state index in [0.717, 1.165) is 40.4 Å². The Morgan fingerprint density at radius 1 is 1.07 bits per heavy atom. The maximum absolute atomic E-state index is 12.1. The minimum atomic E-state index is -1.41. The van der Waals surface area contributed by atoms with E-state index in [4.69, 9.17) is 5.14 Å². The molecule has 1 aromatic carbocycles. The van der Waals surface area contributed by atoms with Crippen molar-refractivity contribution in [3.05, 3.63) is 65.5 Å². The Labute approximate surface area is 176 Å². The normalized spacial score (nSPS) is 14.0. The molecule has 29 heavy (non-hydrogen) atoms. The van der Waals surface area contributed by atoms with Crippen molar-refractivity contribution in [1.29, 1.82) is 0 Å². The van der Waals surface area contributed by atoms with Crippen molar-refractivity contribution in [2.45, 2.75) is 58.1 Å². The lowest BCUT2D eigenvalue weighted by molar-refractivity contribution is 0.506. The van der Waals surface area contributed by atoms with Crippen LogP contribution in [0, 0.1) is 13.8 Å². The quantitative estimate of drug-likeness (QED) is 0.606. The molecule has 1 unspecified atom stereocenters. The largest absolute Gasteiger partial charge is 0.302 e. The molecule has 2 heterocycles. The average Bonchev–Trinajstić information content (AvgIpc) is 3.04. The van der Waals surface area contributed by atoms with Crippen molar-refractivity contribution in [2.75, 3.05) is 0 Å². The van der Waals surface area contributed by atoms with E-state index in [9.17, 15) is 4.21 Å². The number of benzene rings is 1. The number of aryl methyl sites for hydroxylation is 2. The molecule has 0 aliphatic carbocycles. The van der Waals surface area contributed by atoms with Gasteiger partial charge in [-0.2, -0.15) is 0 Å². The first-order valence-electron chi connectivity index (χ1n) is 9.99. The predicted molar refractivity (Wildman–Crippen MR) is 120 cm³/mol. The zero-order valence-corrected chi connectivity index (χ0v) is 18.7. The van der Waals surface area contributed by atoms with Crippen LogP contribution < -0.4 is 5.14 Å². The lowest BCUT2D eigenvalue weighted by Gasteiger charge is -2.28. The van der Waals surface area contributed by atoms with E-state index in [0.29, 0.717) is 6.42 Å². The summed E-state index contributed by atoms with van der Waals surface area (Å²) in [5, 5.41) is 15.0. The van der Waals surface area contributed by atoms with E-state index < -0.39 is 15.7 Å². The monoisotopic (exact) mass is 410 g/mol. The molecular weight excluding hydrogens is 380 g/mol. The van der Waals surface area contributed by atoms with Gasteiger partial charge in [0.15, 0.2) is 5.82 Å². The van der Waals surface area contributed by atoms with E-state index in [2.05, 4.69) is 65.9 Å². The van der Waals surface area contributed by atoms with E-state index in [1.54, 1.807) is 0 Å². The fourth-order valence-corrected chi connectivity index (χ4v) is 4.18. The summed E-state index contributed by atoms with van der Waals surface area (Å²) in [7, 11) is -1.41. The summed E-state index contributed by atoms with van der Waals surface area (Å²) in [6, 6.07) is 16.4. The number of hydrogen-bond donors (Lipinski definition) is 1. The van der Waals surface area contributed by atoms with E-state index in [-0.39, 0.29) is 5.92 Å². The molecule has 0 radical (unpaired) electrons. The van der Waals surface area contributed by atoms with Crippen LogP contribution in [0.2, 0.25) is 0 Å². The van der Waals surface area contributed by atoms with Crippen LogP contribution in [0.25, 0.3) is 17.1 Å². The van der Waals surface area contributed by atoms with Gasteiger partial charge >= 0.3 is 0 Å². The standard InChI is InChI=1S/C23H30N4OS/c1-6-18(15-23(4,5)29(24)28)20-14-21(27-16(2)12-13-17(27)3)25-26-22(20)19-10-8-7-9-11-19/h7-14,18H,6,15,24H2,1-5H3/t18-,29?/m0/s1. The molecule has 154 valence electrons. The van der Waals surface area contributed by atoms with Gasteiger partial charge in [-0.1, -0.05) is 37.3 Å². The molecule has 0 amide bonds. The van der Waals surface area contributed by atoms with Gasteiger partial charge in [-0.3, -0.25) is 5.14 Å². The van der Waals surface area contributed by atoms with Crippen LogP contribution in [0.1, 0.15) is 56.5 Å². The molecular formula is C23H30N4OS. The Kier molecular flexibility index (Phi) is 6.34. The summed E-state index contributed by atoms with van der Waals surface area (Å²) < 4.78 is 13.7. The first-order valence-corrected chi connectivity index (χ1v) is 11.2. The Balaban J connectivity index is 2.17. The highest BCUT2D eigenvalue weighted by molar-refractivity contribution is 7.84. The lowest BCUT2D eigenvalue weighted by atomic mass is 9.86. The Hall–Kier alpha value is -2.31. The molecule has 0 saturated heterocycles. The molecule has 2 N–H and O–H groups in total. The van der Waals surface area contributed by atoms with Gasteiger partial charge in [0.05, 0.1) is 21.4 Å². The summed E-state index contributed by atoms with van der Waals surface area (Å²) in [5.74, 6) is 0.975. The van der Waals surface area contributed by atoms with Gasteiger partial charge in [-0.15, -0.1) is 10.2 Å². The second-order valence-corrected chi connectivity index (χ2v) is 9.89. The highest BCUT2D eigenvalue weighted by Crippen LogP contribution is 2.36. The fourth-order valence-electron chi connectivity index (χ4n) is 3.82. The fraction of sp³-hybridized carbons (Fsp3) is 0.391. The maximum Gasteiger partial charge on any atom is 0.160 e. The second kappa shape index (κ2) is 8.59. The van der Waals surface area contributed by atoms with Crippen molar-refractivity contribution in [1.82, 2.24) is 14.8 Å². The summed E-state index contributed by atoms with van der Waals surface area (Å²) in [4.78, 5) is 0. The van der Waals surface area contributed by atoms with Crippen LogP contribution in [0.4, 0.5) is 0 Å². The van der Waals surface area contributed by atoms with Crippen molar-refractivity contribution >= 4 is 11.0 Å². The molecule has 5 nitrogen and oxygen atoms in total. The third kappa shape index (κ3) is 4.49. The van der Waals surface area contributed by atoms with Crippen LogP contribution in [0.15, 0.2) is 48.5 Å². The number of nitrogens with two attached hydrogens (primary N) is 1.